The first-order valence-electron chi connectivity index (χ1n) is 6.56. The number of ether oxygens (including phenoxy) is 2. The molecule has 0 radical (unpaired) electrons. The van der Waals surface area contributed by atoms with Crippen LogP contribution in [0.3, 0.4) is 0 Å². The topological polar surface area (TPSA) is 73.6 Å². The minimum Gasteiger partial charge on any atom is -0.445 e. The van der Waals surface area contributed by atoms with Gasteiger partial charge in [0.25, 0.3) is 0 Å². The van der Waals surface area contributed by atoms with E-state index in [9.17, 15) is 4.79 Å². The van der Waals surface area contributed by atoms with Crippen LogP contribution in [-0.2, 0) is 9.47 Å². The van der Waals surface area contributed by atoms with Gasteiger partial charge in [0.1, 0.15) is 6.10 Å². The maximum atomic E-state index is 11.7. The zero-order chi connectivity index (χ0) is 12.1. The summed E-state index contributed by atoms with van der Waals surface area (Å²) in [6, 6.07) is 0.0904. The molecule has 0 spiro atoms. The minimum atomic E-state index is -0.345. The van der Waals surface area contributed by atoms with Crippen molar-refractivity contribution in [2.75, 3.05) is 13.2 Å². The van der Waals surface area contributed by atoms with Gasteiger partial charge < -0.3 is 20.5 Å². The first-order chi connectivity index (χ1) is 8.25. The number of alkyl carbamates (subject to hydrolysis) is 1. The Morgan fingerprint density at radius 1 is 1.24 bits per heavy atom. The number of rotatable bonds is 2. The molecule has 0 bridgehead atoms. The maximum absolute atomic E-state index is 11.7. The van der Waals surface area contributed by atoms with Crippen molar-refractivity contribution in [2.45, 2.75) is 56.7 Å². The van der Waals surface area contributed by atoms with E-state index in [1.807, 2.05) is 0 Å². The van der Waals surface area contributed by atoms with Crippen molar-refractivity contribution >= 4 is 6.09 Å². The average molecular weight is 242 g/mol. The monoisotopic (exact) mass is 242 g/mol. The van der Waals surface area contributed by atoms with Gasteiger partial charge in [-0.05, 0) is 25.7 Å². The summed E-state index contributed by atoms with van der Waals surface area (Å²) in [4.78, 5) is 11.7. The highest BCUT2D eigenvalue weighted by Crippen LogP contribution is 2.19. The third-order valence-electron chi connectivity index (χ3n) is 3.51. The number of amides is 1. The van der Waals surface area contributed by atoms with E-state index >= 15 is 0 Å². The van der Waals surface area contributed by atoms with E-state index in [1.54, 1.807) is 0 Å². The van der Waals surface area contributed by atoms with E-state index in [2.05, 4.69) is 5.32 Å². The Labute approximate surface area is 102 Å². The Kier molecular flexibility index (Phi) is 4.62. The minimum absolute atomic E-state index is 0.0110. The van der Waals surface area contributed by atoms with E-state index in [0.29, 0.717) is 13.2 Å². The van der Waals surface area contributed by atoms with Crippen LogP contribution in [0.5, 0.6) is 0 Å². The summed E-state index contributed by atoms with van der Waals surface area (Å²) >= 11 is 0. The Morgan fingerprint density at radius 3 is 2.82 bits per heavy atom. The molecule has 1 saturated heterocycles. The molecular weight excluding hydrogens is 220 g/mol. The lowest BCUT2D eigenvalue weighted by atomic mass is 10.1. The Hall–Kier alpha value is -0.810. The molecule has 2 fully saturated rings. The van der Waals surface area contributed by atoms with Crippen LogP contribution in [0.1, 0.15) is 38.5 Å². The van der Waals surface area contributed by atoms with Gasteiger partial charge in [0, 0.05) is 12.6 Å². The zero-order valence-corrected chi connectivity index (χ0v) is 10.2. The fourth-order valence-electron chi connectivity index (χ4n) is 2.44. The third-order valence-corrected chi connectivity index (χ3v) is 3.51. The van der Waals surface area contributed by atoms with Crippen molar-refractivity contribution < 1.29 is 14.3 Å². The lowest BCUT2D eigenvalue weighted by Gasteiger charge is -2.22. The van der Waals surface area contributed by atoms with Crippen LogP contribution in [0, 0.1) is 0 Å². The summed E-state index contributed by atoms with van der Waals surface area (Å²) in [5.41, 5.74) is 6.01. The molecule has 17 heavy (non-hydrogen) atoms. The molecule has 5 heteroatoms. The standard InChI is InChI=1S/C12H22N2O3/c13-10-4-2-1-3-5-11(10)17-12(15)14-9-6-7-16-8-9/h9-11H,1-8,13H2,(H,14,15). The first-order valence-corrected chi connectivity index (χ1v) is 6.56. The summed E-state index contributed by atoms with van der Waals surface area (Å²) in [7, 11) is 0. The molecule has 3 N–H and O–H groups in total. The molecule has 0 aromatic rings. The highest BCUT2D eigenvalue weighted by molar-refractivity contribution is 5.67. The summed E-state index contributed by atoms with van der Waals surface area (Å²) in [5.74, 6) is 0. The fourth-order valence-corrected chi connectivity index (χ4v) is 2.44. The van der Waals surface area contributed by atoms with Gasteiger partial charge >= 0.3 is 6.09 Å². The highest BCUT2D eigenvalue weighted by atomic mass is 16.6. The molecule has 1 heterocycles. The van der Waals surface area contributed by atoms with Gasteiger partial charge in [-0.3, -0.25) is 0 Å². The smallest absolute Gasteiger partial charge is 0.407 e. The SMILES string of the molecule is NC1CCCCCC1OC(=O)NC1CCOC1. The molecule has 3 atom stereocenters. The molecule has 2 aliphatic rings. The number of hydrogen-bond acceptors (Lipinski definition) is 4. The van der Waals surface area contributed by atoms with Crippen LogP contribution < -0.4 is 11.1 Å². The van der Waals surface area contributed by atoms with Gasteiger partial charge in [-0.15, -0.1) is 0 Å². The molecule has 1 aliphatic heterocycles. The van der Waals surface area contributed by atoms with Crippen LogP contribution in [0.4, 0.5) is 4.79 Å². The molecule has 1 amide bonds. The van der Waals surface area contributed by atoms with Crippen molar-refractivity contribution in [3.63, 3.8) is 0 Å². The van der Waals surface area contributed by atoms with Gasteiger partial charge in [0.05, 0.1) is 12.6 Å². The van der Waals surface area contributed by atoms with E-state index in [-0.39, 0.29) is 24.3 Å². The number of carbonyl (C=O) groups excluding carboxylic acids is 1. The van der Waals surface area contributed by atoms with E-state index in [4.69, 9.17) is 15.2 Å². The van der Waals surface area contributed by atoms with Gasteiger partial charge in [-0.2, -0.15) is 0 Å². The van der Waals surface area contributed by atoms with Crippen molar-refractivity contribution in [3.8, 4) is 0 Å². The molecule has 2 rings (SSSR count). The molecular formula is C12H22N2O3. The number of carbonyl (C=O) groups is 1. The second kappa shape index (κ2) is 6.21. The van der Waals surface area contributed by atoms with Gasteiger partial charge in [-0.1, -0.05) is 12.8 Å². The predicted octanol–water partition coefficient (Wildman–Crippen LogP) is 1.16. The van der Waals surface area contributed by atoms with E-state index in [0.717, 1.165) is 32.1 Å². The Morgan fingerprint density at radius 2 is 2.06 bits per heavy atom. The number of nitrogens with one attached hydrogen (secondary N) is 1. The lowest BCUT2D eigenvalue weighted by molar-refractivity contribution is 0.0749. The zero-order valence-electron chi connectivity index (χ0n) is 10.2. The van der Waals surface area contributed by atoms with Crippen LogP contribution in [-0.4, -0.2) is 37.5 Å². The highest BCUT2D eigenvalue weighted by Gasteiger charge is 2.25. The fraction of sp³-hybridized carbons (Fsp3) is 0.917. The Balaban J connectivity index is 1.75. The number of hydrogen-bond donors (Lipinski definition) is 2. The summed E-state index contributed by atoms with van der Waals surface area (Å²) in [6.07, 6.45) is 5.65. The quantitative estimate of drug-likeness (QED) is 0.713. The third kappa shape index (κ3) is 3.85. The molecule has 3 unspecified atom stereocenters. The summed E-state index contributed by atoms with van der Waals surface area (Å²) in [5, 5.41) is 2.83. The normalized spacial score (nSPS) is 34.1. The van der Waals surface area contributed by atoms with Gasteiger partial charge in [0.2, 0.25) is 0 Å². The van der Waals surface area contributed by atoms with Gasteiger partial charge in [-0.25, -0.2) is 4.79 Å². The predicted molar refractivity (Wildman–Crippen MR) is 63.7 cm³/mol. The van der Waals surface area contributed by atoms with Crippen LogP contribution >= 0.6 is 0 Å². The second-order valence-electron chi connectivity index (χ2n) is 4.95. The molecule has 5 nitrogen and oxygen atoms in total. The largest absolute Gasteiger partial charge is 0.445 e. The molecule has 1 saturated carbocycles. The number of nitrogens with two attached hydrogens (primary N) is 1. The van der Waals surface area contributed by atoms with Gasteiger partial charge in [0.15, 0.2) is 0 Å². The maximum Gasteiger partial charge on any atom is 0.407 e. The molecule has 0 aromatic carbocycles. The summed E-state index contributed by atoms with van der Waals surface area (Å²) in [6.45, 7) is 1.31. The molecule has 0 aromatic heterocycles. The van der Waals surface area contributed by atoms with Crippen LogP contribution in [0.25, 0.3) is 0 Å². The molecule has 1 aliphatic carbocycles. The van der Waals surface area contributed by atoms with Crippen molar-refractivity contribution in [1.82, 2.24) is 5.32 Å². The van der Waals surface area contributed by atoms with E-state index in [1.165, 1.54) is 6.42 Å². The molecule has 98 valence electrons. The van der Waals surface area contributed by atoms with Crippen molar-refractivity contribution in [2.24, 2.45) is 5.73 Å². The van der Waals surface area contributed by atoms with Crippen LogP contribution in [0.2, 0.25) is 0 Å². The van der Waals surface area contributed by atoms with Crippen molar-refractivity contribution in [3.05, 3.63) is 0 Å². The second-order valence-corrected chi connectivity index (χ2v) is 4.95. The first kappa shape index (κ1) is 12.6. The lowest BCUT2D eigenvalue weighted by Crippen LogP contribution is -2.42. The van der Waals surface area contributed by atoms with Crippen molar-refractivity contribution in [1.29, 1.82) is 0 Å². The Bertz CT molecular complexity index is 254. The van der Waals surface area contributed by atoms with E-state index < -0.39 is 0 Å². The average Bonchev–Trinajstić information content (AvgIpc) is 2.71. The van der Waals surface area contributed by atoms with Crippen LogP contribution in [0.15, 0.2) is 0 Å². The summed E-state index contributed by atoms with van der Waals surface area (Å²) < 4.78 is 10.6.